The molecule has 25 heavy (non-hydrogen) atoms. The summed E-state index contributed by atoms with van der Waals surface area (Å²) in [5.41, 5.74) is 5.41. The van der Waals surface area contributed by atoms with E-state index in [-0.39, 0.29) is 11.8 Å². The molecule has 0 saturated heterocycles. The van der Waals surface area contributed by atoms with Gasteiger partial charge in [0.25, 0.3) is 0 Å². The SMILES string of the molecule is CC(C)c1ccccc1NC(=O)C1CCc2nc3ccccn3c2C1. The highest BCUT2D eigenvalue weighted by molar-refractivity contribution is 5.93. The Labute approximate surface area is 147 Å². The molecule has 4 rings (SSSR count). The van der Waals surface area contributed by atoms with Gasteiger partial charge in [-0.15, -0.1) is 0 Å². The van der Waals surface area contributed by atoms with Crippen molar-refractivity contribution in [3.05, 3.63) is 65.6 Å². The molecule has 1 aliphatic carbocycles. The number of para-hydroxylation sites is 1. The number of carbonyl (C=O) groups excluding carboxylic acids is 1. The summed E-state index contributed by atoms with van der Waals surface area (Å²) >= 11 is 0. The molecule has 1 aliphatic rings. The van der Waals surface area contributed by atoms with E-state index in [9.17, 15) is 4.79 Å². The molecule has 0 aliphatic heterocycles. The Bertz CT molecular complexity index is 926. The van der Waals surface area contributed by atoms with E-state index in [0.717, 1.165) is 36.3 Å². The van der Waals surface area contributed by atoms with Crippen molar-refractivity contribution in [2.75, 3.05) is 5.32 Å². The summed E-state index contributed by atoms with van der Waals surface area (Å²) in [5.74, 6) is 0.491. The van der Waals surface area contributed by atoms with Gasteiger partial charge in [0, 0.05) is 29.9 Å². The van der Waals surface area contributed by atoms with E-state index in [1.165, 1.54) is 11.3 Å². The zero-order valence-electron chi connectivity index (χ0n) is 14.7. The Hall–Kier alpha value is -2.62. The molecular weight excluding hydrogens is 310 g/mol. The lowest BCUT2D eigenvalue weighted by atomic mass is 9.88. The van der Waals surface area contributed by atoms with Gasteiger partial charge in [0.15, 0.2) is 0 Å². The smallest absolute Gasteiger partial charge is 0.227 e. The number of rotatable bonds is 3. The molecule has 2 aromatic heterocycles. The topological polar surface area (TPSA) is 46.4 Å². The Morgan fingerprint density at radius 2 is 2.00 bits per heavy atom. The highest BCUT2D eigenvalue weighted by Gasteiger charge is 2.28. The van der Waals surface area contributed by atoms with Gasteiger partial charge in [-0.25, -0.2) is 4.98 Å². The molecule has 0 spiro atoms. The van der Waals surface area contributed by atoms with Crippen LogP contribution >= 0.6 is 0 Å². The molecule has 0 bridgehead atoms. The highest BCUT2D eigenvalue weighted by atomic mass is 16.1. The number of nitrogens with one attached hydrogen (secondary N) is 1. The third-order valence-corrected chi connectivity index (χ3v) is 5.09. The normalized spacial score (nSPS) is 16.8. The van der Waals surface area contributed by atoms with Crippen molar-refractivity contribution in [2.45, 2.75) is 39.0 Å². The van der Waals surface area contributed by atoms with Gasteiger partial charge in [0.05, 0.1) is 5.69 Å². The van der Waals surface area contributed by atoms with Crippen LogP contribution in [0.1, 0.15) is 43.1 Å². The van der Waals surface area contributed by atoms with Crippen LogP contribution in [0.25, 0.3) is 5.65 Å². The van der Waals surface area contributed by atoms with E-state index in [1.807, 2.05) is 42.6 Å². The number of fused-ring (bicyclic) bond motifs is 3. The zero-order chi connectivity index (χ0) is 17.4. The largest absolute Gasteiger partial charge is 0.326 e. The number of anilines is 1. The number of carbonyl (C=O) groups is 1. The van der Waals surface area contributed by atoms with Crippen molar-refractivity contribution in [3.63, 3.8) is 0 Å². The maximum absolute atomic E-state index is 12.9. The van der Waals surface area contributed by atoms with Crippen molar-refractivity contribution >= 4 is 17.2 Å². The van der Waals surface area contributed by atoms with Gasteiger partial charge in [0.2, 0.25) is 5.91 Å². The second kappa shape index (κ2) is 6.36. The van der Waals surface area contributed by atoms with Crippen LogP contribution in [0, 0.1) is 5.92 Å². The molecule has 4 heteroatoms. The molecule has 128 valence electrons. The van der Waals surface area contributed by atoms with E-state index in [2.05, 4.69) is 29.6 Å². The number of nitrogens with zero attached hydrogens (tertiary/aromatic N) is 2. The van der Waals surface area contributed by atoms with Crippen molar-refractivity contribution in [3.8, 4) is 0 Å². The predicted molar refractivity (Wildman–Crippen MR) is 99.9 cm³/mol. The summed E-state index contributed by atoms with van der Waals surface area (Å²) in [7, 11) is 0. The number of pyridine rings is 1. The van der Waals surface area contributed by atoms with E-state index in [1.54, 1.807) is 0 Å². The van der Waals surface area contributed by atoms with Gasteiger partial charge < -0.3 is 9.72 Å². The average Bonchev–Trinajstić information content (AvgIpc) is 2.99. The molecule has 1 aromatic carbocycles. The number of aryl methyl sites for hydroxylation is 1. The Kier molecular flexibility index (Phi) is 4.04. The second-order valence-corrected chi connectivity index (χ2v) is 7.10. The lowest BCUT2D eigenvalue weighted by molar-refractivity contribution is -0.120. The summed E-state index contributed by atoms with van der Waals surface area (Å²) < 4.78 is 2.12. The summed E-state index contributed by atoms with van der Waals surface area (Å²) in [6, 6.07) is 14.1. The van der Waals surface area contributed by atoms with Crippen LogP contribution in [0.3, 0.4) is 0 Å². The van der Waals surface area contributed by atoms with Crippen LogP contribution in [0.2, 0.25) is 0 Å². The van der Waals surface area contributed by atoms with Crippen LogP contribution < -0.4 is 5.32 Å². The van der Waals surface area contributed by atoms with Crippen molar-refractivity contribution in [1.29, 1.82) is 0 Å². The molecule has 0 radical (unpaired) electrons. The first-order valence-corrected chi connectivity index (χ1v) is 8.98. The van der Waals surface area contributed by atoms with Crippen molar-refractivity contribution < 1.29 is 4.79 Å². The lowest BCUT2D eigenvalue weighted by Gasteiger charge is -2.22. The maximum atomic E-state index is 12.9. The van der Waals surface area contributed by atoms with Crippen LogP contribution in [-0.4, -0.2) is 15.3 Å². The third-order valence-electron chi connectivity index (χ3n) is 5.09. The molecule has 3 aromatic rings. The first kappa shape index (κ1) is 15.9. The van der Waals surface area contributed by atoms with E-state index >= 15 is 0 Å². The molecular formula is C21H23N3O. The van der Waals surface area contributed by atoms with Gasteiger partial charge in [-0.1, -0.05) is 38.1 Å². The van der Waals surface area contributed by atoms with E-state index < -0.39 is 0 Å². The summed E-state index contributed by atoms with van der Waals surface area (Å²) in [5, 5.41) is 3.16. The number of benzene rings is 1. The Balaban J connectivity index is 1.57. The third kappa shape index (κ3) is 2.93. The average molecular weight is 333 g/mol. The Morgan fingerprint density at radius 1 is 1.20 bits per heavy atom. The van der Waals surface area contributed by atoms with Crippen LogP contribution in [0.5, 0.6) is 0 Å². The van der Waals surface area contributed by atoms with Gasteiger partial charge in [0.1, 0.15) is 5.65 Å². The highest BCUT2D eigenvalue weighted by Crippen LogP contribution is 2.29. The molecule has 2 heterocycles. The van der Waals surface area contributed by atoms with Crippen LogP contribution in [0.15, 0.2) is 48.7 Å². The van der Waals surface area contributed by atoms with Gasteiger partial charge in [-0.2, -0.15) is 0 Å². The molecule has 1 amide bonds. The zero-order valence-corrected chi connectivity index (χ0v) is 14.7. The fourth-order valence-electron chi connectivity index (χ4n) is 3.73. The summed E-state index contributed by atoms with van der Waals surface area (Å²) in [6.07, 6.45) is 4.50. The summed E-state index contributed by atoms with van der Waals surface area (Å²) in [4.78, 5) is 17.6. The second-order valence-electron chi connectivity index (χ2n) is 7.10. The van der Waals surface area contributed by atoms with Crippen LogP contribution in [-0.2, 0) is 17.6 Å². The minimum atomic E-state index is -0.00664. The first-order chi connectivity index (χ1) is 12.1. The number of hydrogen-bond donors (Lipinski definition) is 1. The quantitative estimate of drug-likeness (QED) is 0.781. The molecule has 1 unspecified atom stereocenters. The first-order valence-electron chi connectivity index (χ1n) is 8.98. The maximum Gasteiger partial charge on any atom is 0.227 e. The van der Waals surface area contributed by atoms with Gasteiger partial charge in [-0.05, 0) is 42.5 Å². The van der Waals surface area contributed by atoms with E-state index in [0.29, 0.717) is 5.92 Å². The number of aromatic nitrogens is 2. The summed E-state index contributed by atoms with van der Waals surface area (Å²) in [6.45, 7) is 4.30. The van der Waals surface area contributed by atoms with Crippen LogP contribution in [0.4, 0.5) is 5.69 Å². The van der Waals surface area contributed by atoms with Crippen molar-refractivity contribution in [1.82, 2.24) is 9.38 Å². The van der Waals surface area contributed by atoms with Gasteiger partial charge >= 0.3 is 0 Å². The predicted octanol–water partition coefficient (Wildman–Crippen LogP) is 4.20. The molecule has 4 nitrogen and oxygen atoms in total. The fraction of sp³-hybridized carbons (Fsp3) is 0.333. The Morgan fingerprint density at radius 3 is 2.84 bits per heavy atom. The van der Waals surface area contributed by atoms with Gasteiger partial charge in [-0.3, -0.25) is 4.79 Å². The molecule has 0 fully saturated rings. The number of hydrogen-bond acceptors (Lipinski definition) is 2. The monoisotopic (exact) mass is 333 g/mol. The minimum absolute atomic E-state index is 0.00664. The number of imidazole rings is 1. The van der Waals surface area contributed by atoms with E-state index in [4.69, 9.17) is 4.98 Å². The standard InChI is InChI=1S/C21H23N3O/c1-14(2)16-7-3-4-8-17(16)23-21(25)15-10-11-18-19(13-15)24-12-6-5-9-20(24)22-18/h3-9,12,14-15H,10-11,13H2,1-2H3,(H,23,25). The molecule has 0 saturated carbocycles. The molecule has 1 N–H and O–H groups in total. The fourth-order valence-corrected chi connectivity index (χ4v) is 3.73. The minimum Gasteiger partial charge on any atom is -0.326 e. The molecule has 1 atom stereocenters. The van der Waals surface area contributed by atoms with Crippen molar-refractivity contribution in [2.24, 2.45) is 5.92 Å². The lowest BCUT2D eigenvalue weighted by Crippen LogP contribution is -2.29. The number of amides is 1.